The number of hydrogen-bond donors (Lipinski definition) is 0. The van der Waals surface area contributed by atoms with Crippen LogP contribution in [-0.2, 0) is 15.3 Å². The van der Waals surface area contributed by atoms with Gasteiger partial charge in [-0.1, -0.05) is 36.4 Å². The SMILES string of the molecule is CC(=O)OC(C)C=CCSCc1ccccc1. The Kier molecular flexibility index (Phi) is 6.48. The highest BCUT2D eigenvalue weighted by Crippen LogP contribution is 2.11. The zero-order valence-corrected chi connectivity index (χ0v) is 11.1. The van der Waals surface area contributed by atoms with Crippen molar-refractivity contribution in [1.82, 2.24) is 0 Å². The largest absolute Gasteiger partial charge is 0.459 e. The molecule has 1 unspecified atom stereocenters. The molecule has 0 spiro atoms. The maximum atomic E-state index is 10.7. The first-order valence-electron chi connectivity index (χ1n) is 5.64. The summed E-state index contributed by atoms with van der Waals surface area (Å²) in [5.74, 6) is 1.70. The highest BCUT2D eigenvalue weighted by Gasteiger charge is 1.98. The van der Waals surface area contributed by atoms with Crippen LogP contribution in [0.5, 0.6) is 0 Å². The lowest BCUT2D eigenvalue weighted by molar-refractivity contribution is -0.143. The number of esters is 1. The van der Waals surface area contributed by atoms with Crippen LogP contribution in [0, 0.1) is 0 Å². The molecule has 0 amide bonds. The van der Waals surface area contributed by atoms with E-state index in [0.29, 0.717) is 0 Å². The van der Waals surface area contributed by atoms with Gasteiger partial charge in [0, 0.05) is 18.4 Å². The molecule has 1 aromatic rings. The smallest absolute Gasteiger partial charge is 0.303 e. The van der Waals surface area contributed by atoms with Crippen molar-refractivity contribution in [2.24, 2.45) is 0 Å². The molecule has 0 aliphatic heterocycles. The maximum Gasteiger partial charge on any atom is 0.303 e. The summed E-state index contributed by atoms with van der Waals surface area (Å²) in [5, 5.41) is 0. The van der Waals surface area contributed by atoms with Crippen molar-refractivity contribution in [3.8, 4) is 0 Å². The van der Waals surface area contributed by atoms with E-state index in [4.69, 9.17) is 4.74 Å². The van der Waals surface area contributed by atoms with Crippen molar-refractivity contribution in [3.05, 3.63) is 48.0 Å². The Morgan fingerprint density at radius 2 is 2.12 bits per heavy atom. The molecular weight excluding hydrogens is 232 g/mol. The number of benzene rings is 1. The van der Waals surface area contributed by atoms with Crippen LogP contribution in [0.3, 0.4) is 0 Å². The van der Waals surface area contributed by atoms with Gasteiger partial charge in [-0.15, -0.1) is 0 Å². The van der Waals surface area contributed by atoms with Gasteiger partial charge in [0.1, 0.15) is 6.10 Å². The van der Waals surface area contributed by atoms with Gasteiger partial charge in [-0.05, 0) is 18.6 Å². The fraction of sp³-hybridized carbons (Fsp3) is 0.357. The summed E-state index contributed by atoms with van der Waals surface area (Å²) < 4.78 is 4.98. The molecular formula is C14H18O2S. The van der Waals surface area contributed by atoms with E-state index in [1.807, 2.05) is 36.9 Å². The second kappa shape index (κ2) is 7.96. The molecule has 1 aromatic carbocycles. The van der Waals surface area contributed by atoms with Gasteiger partial charge in [-0.2, -0.15) is 11.8 Å². The minimum absolute atomic E-state index is 0.134. The monoisotopic (exact) mass is 250 g/mol. The van der Waals surface area contributed by atoms with Crippen molar-refractivity contribution < 1.29 is 9.53 Å². The van der Waals surface area contributed by atoms with Gasteiger partial charge in [-0.3, -0.25) is 4.79 Å². The zero-order valence-electron chi connectivity index (χ0n) is 10.3. The highest BCUT2D eigenvalue weighted by molar-refractivity contribution is 7.98. The van der Waals surface area contributed by atoms with Crippen LogP contribution < -0.4 is 0 Å². The Hall–Kier alpha value is -1.22. The Bertz CT molecular complexity index is 360. The molecule has 0 aliphatic rings. The van der Waals surface area contributed by atoms with Crippen LogP contribution in [0.2, 0.25) is 0 Å². The lowest BCUT2D eigenvalue weighted by atomic mass is 10.2. The topological polar surface area (TPSA) is 26.3 Å². The standard InChI is InChI=1S/C14H18O2S/c1-12(16-13(2)15)7-6-10-17-11-14-8-4-3-5-9-14/h3-9,12H,10-11H2,1-2H3. The molecule has 0 aromatic heterocycles. The van der Waals surface area contributed by atoms with Crippen LogP contribution in [0.1, 0.15) is 19.4 Å². The van der Waals surface area contributed by atoms with E-state index in [1.54, 1.807) is 0 Å². The summed E-state index contributed by atoms with van der Waals surface area (Å²) in [6.07, 6.45) is 3.82. The van der Waals surface area contributed by atoms with E-state index < -0.39 is 0 Å². The summed E-state index contributed by atoms with van der Waals surface area (Å²) in [4.78, 5) is 10.7. The molecule has 2 nitrogen and oxygen atoms in total. The zero-order chi connectivity index (χ0) is 12.5. The summed E-state index contributed by atoms with van der Waals surface area (Å²) in [6.45, 7) is 3.29. The predicted octanol–water partition coefficient (Wildman–Crippen LogP) is 3.43. The maximum absolute atomic E-state index is 10.7. The first kappa shape index (κ1) is 13.8. The van der Waals surface area contributed by atoms with Crippen LogP contribution in [-0.4, -0.2) is 17.8 Å². The minimum Gasteiger partial charge on any atom is -0.459 e. The molecule has 0 saturated carbocycles. The highest BCUT2D eigenvalue weighted by atomic mass is 32.2. The fourth-order valence-electron chi connectivity index (χ4n) is 1.37. The van der Waals surface area contributed by atoms with Crippen LogP contribution in [0.25, 0.3) is 0 Å². The number of ether oxygens (including phenoxy) is 1. The lowest BCUT2D eigenvalue weighted by Crippen LogP contribution is -2.08. The number of rotatable bonds is 6. The Labute approximate surface area is 107 Å². The van der Waals surface area contributed by atoms with E-state index in [1.165, 1.54) is 12.5 Å². The van der Waals surface area contributed by atoms with Crippen molar-refractivity contribution in [2.75, 3.05) is 5.75 Å². The third-order valence-corrected chi connectivity index (χ3v) is 3.05. The van der Waals surface area contributed by atoms with Gasteiger partial charge >= 0.3 is 5.97 Å². The minimum atomic E-state index is -0.237. The van der Waals surface area contributed by atoms with Gasteiger partial charge < -0.3 is 4.74 Å². The average molecular weight is 250 g/mol. The molecule has 0 heterocycles. The molecule has 0 N–H and O–H groups in total. The number of carbonyl (C=O) groups excluding carboxylic acids is 1. The van der Waals surface area contributed by atoms with Crippen LogP contribution in [0.15, 0.2) is 42.5 Å². The normalized spacial score (nSPS) is 12.6. The molecule has 1 atom stereocenters. The predicted molar refractivity (Wildman–Crippen MR) is 73.0 cm³/mol. The molecule has 1 rings (SSSR count). The first-order valence-corrected chi connectivity index (χ1v) is 6.79. The summed E-state index contributed by atoms with van der Waals surface area (Å²) in [6, 6.07) is 10.4. The summed E-state index contributed by atoms with van der Waals surface area (Å²) in [5.41, 5.74) is 1.33. The number of carbonyl (C=O) groups is 1. The molecule has 3 heteroatoms. The first-order chi connectivity index (χ1) is 8.18. The molecule has 0 radical (unpaired) electrons. The molecule has 0 fully saturated rings. The molecule has 0 saturated heterocycles. The third kappa shape index (κ3) is 6.84. The average Bonchev–Trinajstić information content (AvgIpc) is 2.29. The number of thioether (sulfide) groups is 1. The van der Waals surface area contributed by atoms with E-state index in [-0.39, 0.29) is 12.1 Å². The van der Waals surface area contributed by atoms with E-state index in [2.05, 4.69) is 24.3 Å². The number of hydrogen-bond acceptors (Lipinski definition) is 3. The molecule has 0 aliphatic carbocycles. The van der Waals surface area contributed by atoms with E-state index >= 15 is 0 Å². The lowest BCUT2D eigenvalue weighted by Gasteiger charge is -2.05. The van der Waals surface area contributed by atoms with Crippen molar-refractivity contribution >= 4 is 17.7 Å². The second-order valence-electron chi connectivity index (χ2n) is 3.74. The molecule has 17 heavy (non-hydrogen) atoms. The van der Waals surface area contributed by atoms with E-state index in [0.717, 1.165) is 11.5 Å². The van der Waals surface area contributed by atoms with E-state index in [9.17, 15) is 4.79 Å². The van der Waals surface area contributed by atoms with Gasteiger partial charge in [0.2, 0.25) is 0 Å². The van der Waals surface area contributed by atoms with Gasteiger partial charge in [0.25, 0.3) is 0 Å². The Morgan fingerprint density at radius 3 is 2.76 bits per heavy atom. The molecule has 0 bridgehead atoms. The quantitative estimate of drug-likeness (QED) is 0.439. The summed E-state index contributed by atoms with van der Waals surface area (Å²) >= 11 is 1.84. The fourth-order valence-corrected chi connectivity index (χ4v) is 2.16. The van der Waals surface area contributed by atoms with Crippen molar-refractivity contribution in [1.29, 1.82) is 0 Å². The Balaban J connectivity index is 2.16. The molecule has 92 valence electrons. The summed E-state index contributed by atoms with van der Waals surface area (Å²) in [7, 11) is 0. The second-order valence-corrected chi connectivity index (χ2v) is 4.77. The third-order valence-electron chi connectivity index (χ3n) is 2.08. The Morgan fingerprint density at radius 1 is 1.41 bits per heavy atom. The van der Waals surface area contributed by atoms with Gasteiger partial charge in [0.05, 0.1) is 0 Å². The van der Waals surface area contributed by atoms with Crippen LogP contribution in [0.4, 0.5) is 0 Å². The van der Waals surface area contributed by atoms with Crippen molar-refractivity contribution in [2.45, 2.75) is 25.7 Å². The van der Waals surface area contributed by atoms with Crippen molar-refractivity contribution in [3.63, 3.8) is 0 Å². The van der Waals surface area contributed by atoms with Gasteiger partial charge in [0.15, 0.2) is 0 Å². The van der Waals surface area contributed by atoms with Gasteiger partial charge in [-0.25, -0.2) is 0 Å². The van der Waals surface area contributed by atoms with Crippen LogP contribution >= 0.6 is 11.8 Å².